The van der Waals surface area contributed by atoms with Gasteiger partial charge in [0.15, 0.2) is 0 Å². The monoisotopic (exact) mass is 530 g/mol. The van der Waals surface area contributed by atoms with E-state index < -0.39 is 15.9 Å². The molecule has 1 heterocycles. The Morgan fingerprint density at radius 3 is 2.29 bits per heavy atom. The van der Waals surface area contributed by atoms with Gasteiger partial charge in [0.25, 0.3) is 15.9 Å². The molecule has 38 heavy (non-hydrogen) atoms. The quantitative estimate of drug-likeness (QED) is 0.328. The first-order valence-corrected chi connectivity index (χ1v) is 13.6. The lowest BCUT2D eigenvalue weighted by Gasteiger charge is -2.19. The third-order valence-electron chi connectivity index (χ3n) is 6.11. The molecule has 1 aromatic heterocycles. The van der Waals surface area contributed by atoms with Crippen LogP contribution in [0.15, 0.2) is 90.0 Å². The maximum absolute atomic E-state index is 13.2. The first-order chi connectivity index (χ1) is 18.2. The lowest BCUT2D eigenvalue weighted by molar-refractivity contribution is 0.0980. The standard InChI is InChI=1S/C29H30N4O4S/c1-21-9-15-25(16-10-21)38(35,36)32-28(34)26-20-30-29(33(2)18-17-22-7-5-4-6-8-22)31-27(26)19-23-11-13-24(37-3)14-12-23/h4-16,20H,17-19H2,1-3H3,(H,32,34). The molecular weight excluding hydrogens is 500 g/mol. The molecule has 3 aromatic carbocycles. The Balaban J connectivity index is 1.61. The molecule has 1 N–H and O–H groups in total. The zero-order valence-electron chi connectivity index (χ0n) is 21.6. The summed E-state index contributed by atoms with van der Waals surface area (Å²) >= 11 is 0. The Morgan fingerprint density at radius 1 is 0.947 bits per heavy atom. The van der Waals surface area contributed by atoms with E-state index in [4.69, 9.17) is 4.74 Å². The minimum absolute atomic E-state index is 0.00587. The van der Waals surface area contributed by atoms with Crippen molar-refractivity contribution in [1.82, 2.24) is 14.7 Å². The van der Waals surface area contributed by atoms with Crippen molar-refractivity contribution in [2.24, 2.45) is 0 Å². The van der Waals surface area contributed by atoms with Gasteiger partial charge in [-0.2, -0.15) is 0 Å². The van der Waals surface area contributed by atoms with E-state index in [1.807, 2.05) is 61.3 Å². The molecule has 0 spiro atoms. The average molecular weight is 531 g/mol. The fraction of sp³-hybridized carbons (Fsp3) is 0.207. The van der Waals surface area contributed by atoms with Crippen molar-refractivity contribution in [3.8, 4) is 5.75 Å². The molecule has 8 nitrogen and oxygen atoms in total. The summed E-state index contributed by atoms with van der Waals surface area (Å²) in [6, 6.07) is 23.8. The van der Waals surface area contributed by atoms with Crippen molar-refractivity contribution in [2.75, 3.05) is 25.6 Å². The predicted octanol–water partition coefficient (Wildman–Crippen LogP) is 4.18. The number of carbonyl (C=O) groups excluding carboxylic acids is 1. The van der Waals surface area contributed by atoms with Gasteiger partial charge in [-0.05, 0) is 48.7 Å². The summed E-state index contributed by atoms with van der Waals surface area (Å²) in [6.07, 6.45) is 2.49. The van der Waals surface area contributed by atoms with Crippen molar-refractivity contribution < 1.29 is 17.9 Å². The Bertz CT molecular complexity index is 1490. The van der Waals surface area contributed by atoms with Gasteiger partial charge in [-0.15, -0.1) is 0 Å². The number of likely N-dealkylation sites (N-methyl/N-ethyl adjacent to an activating group) is 1. The lowest BCUT2D eigenvalue weighted by Crippen LogP contribution is -2.32. The van der Waals surface area contributed by atoms with Crippen LogP contribution in [0.4, 0.5) is 5.95 Å². The molecule has 0 saturated heterocycles. The van der Waals surface area contributed by atoms with Crippen LogP contribution in [0.2, 0.25) is 0 Å². The number of methoxy groups -OCH3 is 1. The second-order valence-electron chi connectivity index (χ2n) is 8.96. The van der Waals surface area contributed by atoms with Gasteiger partial charge in [-0.25, -0.2) is 23.1 Å². The Labute approximate surface area is 223 Å². The minimum Gasteiger partial charge on any atom is -0.497 e. The molecule has 4 aromatic rings. The maximum Gasteiger partial charge on any atom is 0.268 e. The second kappa shape index (κ2) is 11.9. The van der Waals surface area contributed by atoms with Crippen LogP contribution in [0.5, 0.6) is 5.75 Å². The molecule has 9 heteroatoms. The van der Waals surface area contributed by atoms with Crippen LogP contribution in [0.3, 0.4) is 0 Å². The molecule has 0 bridgehead atoms. The van der Waals surface area contributed by atoms with E-state index in [1.165, 1.54) is 23.9 Å². The SMILES string of the molecule is COc1ccc(Cc2nc(N(C)CCc3ccccc3)ncc2C(=O)NS(=O)(=O)c2ccc(C)cc2)cc1. The number of amides is 1. The van der Waals surface area contributed by atoms with Crippen LogP contribution in [-0.4, -0.2) is 45.0 Å². The summed E-state index contributed by atoms with van der Waals surface area (Å²) in [5, 5.41) is 0. The normalized spacial score (nSPS) is 11.1. The summed E-state index contributed by atoms with van der Waals surface area (Å²) < 4.78 is 33.1. The molecule has 0 atom stereocenters. The predicted molar refractivity (Wildman–Crippen MR) is 147 cm³/mol. The van der Waals surface area contributed by atoms with Crippen molar-refractivity contribution >= 4 is 21.9 Å². The van der Waals surface area contributed by atoms with Gasteiger partial charge in [-0.1, -0.05) is 60.2 Å². The molecule has 0 aliphatic carbocycles. The Hall–Kier alpha value is -4.24. The third-order valence-corrected chi connectivity index (χ3v) is 7.46. The summed E-state index contributed by atoms with van der Waals surface area (Å²) in [6.45, 7) is 2.52. The molecule has 196 valence electrons. The van der Waals surface area contributed by atoms with Crippen molar-refractivity contribution in [1.29, 1.82) is 0 Å². The Kier molecular flexibility index (Phi) is 8.38. The highest BCUT2D eigenvalue weighted by Crippen LogP contribution is 2.19. The molecule has 0 aliphatic rings. The number of hydrogen-bond donors (Lipinski definition) is 1. The number of hydrogen-bond acceptors (Lipinski definition) is 7. The van der Waals surface area contributed by atoms with Crippen LogP contribution >= 0.6 is 0 Å². The number of aryl methyl sites for hydroxylation is 1. The number of rotatable bonds is 10. The van der Waals surface area contributed by atoms with Crippen LogP contribution in [-0.2, 0) is 22.9 Å². The second-order valence-corrected chi connectivity index (χ2v) is 10.6. The molecular formula is C29H30N4O4S. The first kappa shape index (κ1) is 26.8. The van der Waals surface area contributed by atoms with Crippen molar-refractivity contribution in [2.45, 2.75) is 24.7 Å². The van der Waals surface area contributed by atoms with Gasteiger partial charge >= 0.3 is 0 Å². The molecule has 0 radical (unpaired) electrons. The number of nitrogens with one attached hydrogen (secondary N) is 1. The number of ether oxygens (including phenoxy) is 1. The van der Waals surface area contributed by atoms with E-state index in [-0.39, 0.29) is 10.5 Å². The summed E-state index contributed by atoms with van der Waals surface area (Å²) in [7, 11) is -0.594. The zero-order chi connectivity index (χ0) is 27.1. The molecule has 0 unspecified atom stereocenters. The number of benzene rings is 3. The highest BCUT2D eigenvalue weighted by molar-refractivity contribution is 7.90. The fourth-order valence-corrected chi connectivity index (χ4v) is 4.81. The number of carbonyl (C=O) groups is 1. The highest BCUT2D eigenvalue weighted by atomic mass is 32.2. The maximum atomic E-state index is 13.2. The van der Waals surface area contributed by atoms with Gasteiger partial charge in [-0.3, -0.25) is 4.79 Å². The summed E-state index contributed by atoms with van der Waals surface area (Å²) in [5.41, 5.74) is 3.51. The van der Waals surface area contributed by atoms with Gasteiger partial charge in [0.05, 0.1) is 23.3 Å². The molecule has 1 amide bonds. The molecule has 4 rings (SSSR count). The van der Waals surface area contributed by atoms with E-state index in [0.717, 1.165) is 17.5 Å². The lowest BCUT2D eigenvalue weighted by atomic mass is 10.1. The largest absolute Gasteiger partial charge is 0.497 e. The van der Waals surface area contributed by atoms with Crippen LogP contribution in [0, 0.1) is 6.92 Å². The molecule has 0 fully saturated rings. The van der Waals surface area contributed by atoms with E-state index in [2.05, 4.69) is 26.8 Å². The van der Waals surface area contributed by atoms with Gasteiger partial charge in [0.2, 0.25) is 5.95 Å². The number of nitrogens with zero attached hydrogens (tertiary/aromatic N) is 3. The van der Waals surface area contributed by atoms with Crippen molar-refractivity contribution in [3.63, 3.8) is 0 Å². The van der Waals surface area contributed by atoms with Crippen LogP contribution < -0.4 is 14.4 Å². The highest BCUT2D eigenvalue weighted by Gasteiger charge is 2.23. The Morgan fingerprint density at radius 2 is 1.63 bits per heavy atom. The summed E-state index contributed by atoms with van der Waals surface area (Å²) in [5.74, 6) is 0.370. The number of anilines is 1. The fourth-order valence-electron chi connectivity index (χ4n) is 3.85. The first-order valence-electron chi connectivity index (χ1n) is 12.1. The topological polar surface area (TPSA) is 101 Å². The smallest absolute Gasteiger partial charge is 0.268 e. The average Bonchev–Trinajstić information content (AvgIpc) is 2.92. The van der Waals surface area contributed by atoms with E-state index in [1.54, 1.807) is 19.2 Å². The molecule has 0 aliphatic heterocycles. The third kappa shape index (κ3) is 6.74. The van der Waals surface area contributed by atoms with E-state index in [0.29, 0.717) is 30.4 Å². The van der Waals surface area contributed by atoms with E-state index >= 15 is 0 Å². The van der Waals surface area contributed by atoms with E-state index in [9.17, 15) is 13.2 Å². The van der Waals surface area contributed by atoms with Gasteiger partial charge in [0, 0.05) is 26.2 Å². The number of sulfonamides is 1. The summed E-state index contributed by atoms with van der Waals surface area (Å²) in [4.78, 5) is 24.2. The number of aromatic nitrogens is 2. The van der Waals surface area contributed by atoms with Gasteiger partial charge in [0.1, 0.15) is 5.75 Å². The van der Waals surface area contributed by atoms with Gasteiger partial charge < -0.3 is 9.64 Å². The van der Waals surface area contributed by atoms with Crippen LogP contribution in [0.1, 0.15) is 32.7 Å². The van der Waals surface area contributed by atoms with Crippen molar-refractivity contribution in [3.05, 3.63) is 113 Å². The minimum atomic E-state index is -4.07. The molecule has 0 saturated carbocycles. The van der Waals surface area contributed by atoms with Crippen LogP contribution in [0.25, 0.3) is 0 Å². The zero-order valence-corrected chi connectivity index (χ0v) is 22.4.